The Labute approximate surface area is 178 Å². The van der Waals surface area contributed by atoms with Gasteiger partial charge in [0, 0.05) is 0 Å². The van der Waals surface area contributed by atoms with Gasteiger partial charge in [-0.25, -0.2) is 11.6 Å². The van der Waals surface area contributed by atoms with Crippen LogP contribution in [-0.4, -0.2) is 0 Å². The second kappa shape index (κ2) is 13.6. The topological polar surface area (TPSA) is 0 Å². The molecule has 0 aliphatic heterocycles. The monoisotopic (exact) mass is 528 g/mol. The summed E-state index contributed by atoms with van der Waals surface area (Å²) in [6.45, 7) is 14.9. The van der Waals surface area contributed by atoms with Crippen molar-refractivity contribution in [2.45, 2.75) is 33.1 Å². The van der Waals surface area contributed by atoms with E-state index in [1.807, 2.05) is 12.1 Å². The summed E-state index contributed by atoms with van der Waals surface area (Å²) in [6, 6.07) is 21.3. The van der Waals surface area contributed by atoms with Crippen LogP contribution in [0.5, 0.6) is 0 Å². The van der Waals surface area contributed by atoms with E-state index in [1.165, 1.54) is 21.9 Å². The third-order valence-corrected chi connectivity index (χ3v) is 3.32. The standard InChI is InChI=1S/C13H15.C6H7.C2H4.2ClH.Hf/c1-13(2,3)12-9-8-10-6-4-5-7-11(10)12;1-6-4-2-3-5-6;1-2;;;/h4-9H,1-3H3;2-5H,1H3;1-2H2;2*1H;/q2*-1;;;;+4/p-2. The Morgan fingerprint density at radius 1 is 0.917 bits per heavy atom. The first-order valence-electron chi connectivity index (χ1n) is 7.32. The van der Waals surface area contributed by atoms with Crippen LogP contribution in [0.2, 0.25) is 0 Å². The van der Waals surface area contributed by atoms with Gasteiger partial charge >= 0.3 is 25.8 Å². The number of rotatable bonds is 0. The molecule has 0 aromatic heterocycles. The van der Waals surface area contributed by atoms with Crippen LogP contribution in [0, 0.1) is 6.92 Å². The Morgan fingerprint density at radius 2 is 1.50 bits per heavy atom. The maximum atomic E-state index is 3.00. The van der Waals surface area contributed by atoms with Gasteiger partial charge in [0.1, 0.15) is 0 Å². The van der Waals surface area contributed by atoms with Crippen molar-refractivity contribution in [3.8, 4) is 0 Å². The van der Waals surface area contributed by atoms with Crippen LogP contribution in [0.4, 0.5) is 0 Å². The summed E-state index contributed by atoms with van der Waals surface area (Å²) in [5, 5.41) is 2.75. The number of hydrogen-bond donors (Lipinski definition) is 0. The molecular weight excluding hydrogens is 502 g/mol. The van der Waals surface area contributed by atoms with Gasteiger partial charge in [-0.1, -0.05) is 39.2 Å². The molecule has 0 radical (unpaired) electrons. The summed E-state index contributed by atoms with van der Waals surface area (Å²) in [4.78, 5) is 0. The van der Waals surface area contributed by atoms with E-state index in [4.69, 9.17) is 0 Å². The molecule has 0 nitrogen and oxygen atoms in total. The smallest absolute Gasteiger partial charge is 1.00 e. The normalized spacial score (nSPS) is 9.00. The van der Waals surface area contributed by atoms with Crippen molar-refractivity contribution in [2.75, 3.05) is 0 Å². The molecule has 0 heterocycles. The van der Waals surface area contributed by atoms with Crippen LogP contribution in [0.15, 0.2) is 73.8 Å². The van der Waals surface area contributed by atoms with Gasteiger partial charge in [0.05, 0.1) is 0 Å². The molecule has 0 saturated heterocycles. The van der Waals surface area contributed by atoms with Crippen LogP contribution in [0.1, 0.15) is 31.9 Å². The zero-order chi connectivity index (χ0) is 15.9. The number of halogens is 2. The van der Waals surface area contributed by atoms with E-state index in [9.17, 15) is 0 Å². The summed E-state index contributed by atoms with van der Waals surface area (Å²) in [5.74, 6) is 0. The molecule has 0 fully saturated rings. The zero-order valence-corrected chi connectivity index (χ0v) is 20.0. The van der Waals surface area contributed by atoms with E-state index in [0.29, 0.717) is 0 Å². The summed E-state index contributed by atoms with van der Waals surface area (Å²) in [6.07, 6.45) is 0. The molecule has 0 aliphatic carbocycles. The minimum atomic E-state index is 0. The van der Waals surface area contributed by atoms with E-state index < -0.39 is 0 Å². The fraction of sp³-hybridized carbons (Fsp3) is 0.238. The largest absolute Gasteiger partial charge is 4.00 e. The van der Waals surface area contributed by atoms with Crippen molar-refractivity contribution in [3.05, 3.63) is 84.9 Å². The number of hydrogen-bond acceptors (Lipinski definition) is 0. The second-order valence-corrected chi connectivity index (χ2v) is 6.05. The molecular formula is C21H26Cl2Hf. The van der Waals surface area contributed by atoms with E-state index in [2.05, 4.69) is 89.4 Å². The van der Waals surface area contributed by atoms with Gasteiger partial charge in [-0.05, 0) is 0 Å². The SMILES string of the molecule is C=C.CC(C)(C)c1c[cH-]c2ccccc12.Cc1cc[cH-]c1.[Cl-].[Cl-].[Hf+4]. The Morgan fingerprint density at radius 3 is 1.92 bits per heavy atom. The maximum Gasteiger partial charge on any atom is 4.00 e. The molecule has 128 valence electrons. The van der Waals surface area contributed by atoms with Gasteiger partial charge in [0.15, 0.2) is 0 Å². The summed E-state index contributed by atoms with van der Waals surface area (Å²) in [7, 11) is 0. The third-order valence-electron chi connectivity index (χ3n) is 3.32. The van der Waals surface area contributed by atoms with E-state index in [0.717, 1.165) is 0 Å². The molecule has 3 rings (SSSR count). The van der Waals surface area contributed by atoms with Gasteiger partial charge in [-0.2, -0.15) is 18.2 Å². The van der Waals surface area contributed by atoms with Gasteiger partial charge in [0.2, 0.25) is 0 Å². The van der Waals surface area contributed by atoms with Crippen LogP contribution >= 0.6 is 0 Å². The predicted octanol–water partition coefficient (Wildman–Crippen LogP) is 0.378. The van der Waals surface area contributed by atoms with Gasteiger partial charge < -0.3 is 24.8 Å². The second-order valence-electron chi connectivity index (χ2n) is 6.05. The van der Waals surface area contributed by atoms with E-state index >= 15 is 0 Å². The first-order valence-corrected chi connectivity index (χ1v) is 7.32. The minimum Gasteiger partial charge on any atom is -1.00 e. The average molecular weight is 528 g/mol. The van der Waals surface area contributed by atoms with Crippen molar-refractivity contribution < 1.29 is 50.7 Å². The van der Waals surface area contributed by atoms with Crippen molar-refractivity contribution in [1.82, 2.24) is 0 Å². The molecule has 0 N–H and O–H groups in total. The minimum absolute atomic E-state index is 0. The first-order chi connectivity index (χ1) is 9.98. The molecule has 0 atom stereocenters. The molecule has 0 bridgehead atoms. The van der Waals surface area contributed by atoms with E-state index in [-0.39, 0.29) is 56.1 Å². The summed E-state index contributed by atoms with van der Waals surface area (Å²) < 4.78 is 0. The van der Waals surface area contributed by atoms with Crippen LogP contribution in [0.25, 0.3) is 10.8 Å². The van der Waals surface area contributed by atoms with E-state index in [1.54, 1.807) is 0 Å². The van der Waals surface area contributed by atoms with Crippen molar-refractivity contribution in [1.29, 1.82) is 0 Å². The molecule has 3 heteroatoms. The zero-order valence-electron chi connectivity index (χ0n) is 14.9. The van der Waals surface area contributed by atoms with Crippen LogP contribution in [-0.2, 0) is 31.3 Å². The molecule has 0 spiro atoms. The van der Waals surface area contributed by atoms with Gasteiger partial charge in [0.25, 0.3) is 0 Å². The number of aryl methyl sites for hydroxylation is 1. The van der Waals surface area contributed by atoms with Crippen molar-refractivity contribution in [3.63, 3.8) is 0 Å². The fourth-order valence-electron chi connectivity index (χ4n) is 2.27. The predicted molar refractivity (Wildman–Crippen MR) is 96.3 cm³/mol. The number of benzene rings is 1. The molecule has 3 aromatic rings. The van der Waals surface area contributed by atoms with Gasteiger partial charge in [-0.3, -0.25) is 0 Å². The summed E-state index contributed by atoms with van der Waals surface area (Å²) >= 11 is 0. The average Bonchev–Trinajstić information content (AvgIpc) is 3.09. The molecule has 0 aliphatic rings. The Balaban J connectivity index is -0.000000347. The van der Waals surface area contributed by atoms with Gasteiger partial charge in [-0.15, -0.1) is 59.8 Å². The Bertz CT molecular complexity index is 646. The molecule has 24 heavy (non-hydrogen) atoms. The third kappa shape index (κ3) is 8.46. The first kappa shape index (κ1) is 28.2. The Hall–Kier alpha value is -0.630. The molecule has 3 aromatic carbocycles. The van der Waals surface area contributed by atoms with Crippen molar-refractivity contribution >= 4 is 10.8 Å². The van der Waals surface area contributed by atoms with Crippen LogP contribution < -0.4 is 24.8 Å². The van der Waals surface area contributed by atoms with Crippen molar-refractivity contribution in [2.24, 2.45) is 0 Å². The molecule has 0 amide bonds. The number of fused-ring (bicyclic) bond motifs is 1. The van der Waals surface area contributed by atoms with Crippen LogP contribution in [0.3, 0.4) is 0 Å². The Kier molecular flexibility index (Phi) is 16.0. The molecule has 0 saturated carbocycles. The molecule has 0 unspecified atom stereocenters. The summed E-state index contributed by atoms with van der Waals surface area (Å²) in [5.41, 5.74) is 3.04. The quantitative estimate of drug-likeness (QED) is 0.225. The fourth-order valence-corrected chi connectivity index (χ4v) is 2.27. The maximum absolute atomic E-state index is 3.00.